The molecule has 5 heteroatoms. The molecule has 0 aliphatic carbocycles. The van der Waals surface area contributed by atoms with E-state index in [-0.39, 0.29) is 6.10 Å². The molecule has 1 saturated heterocycles. The van der Waals surface area contributed by atoms with Crippen LogP contribution in [0.4, 0.5) is 5.69 Å². The van der Waals surface area contributed by atoms with Gasteiger partial charge in [0.25, 0.3) is 0 Å². The first-order valence-electron chi connectivity index (χ1n) is 6.27. The fraction of sp³-hybridized carbons (Fsp3) is 0.538. The summed E-state index contributed by atoms with van der Waals surface area (Å²) in [5.41, 5.74) is 6.77. The quantitative estimate of drug-likeness (QED) is 0.629. The van der Waals surface area contributed by atoms with Crippen LogP contribution in [0.15, 0.2) is 23.1 Å². The molecule has 0 radical (unpaired) electrons. The fourth-order valence-electron chi connectivity index (χ4n) is 1.81. The highest BCUT2D eigenvalue weighted by atomic mass is 32.2. The molecule has 18 heavy (non-hydrogen) atoms. The van der Waals surface area contributed by atoms with E-state index in [4.69, 9.17) is 15.2 Å². The number of nitrogen functional groups attached to an aromatic ring is 1. The van der Waals surface area contributed by atoms with Gasteiger partial charge in [0.2, 0.25) is 0 Å². The van der Waals surface area contributed by atoms with Crippen LogP contribution in [0.2, 0.25) is 0 Å². The van der Waals surface area contributed by atoms with E-state index in [0.717, 1.165) is 41.8 Å². The third kappa shape index (κ3) is 3.80. The first-order chi connectivity index (χ1) is 8.79. The average Bonchev–Trinajstić information content (AvgIpc) is 2.41. The zero-order valence-corrected chi connectivity index (χ0v) is 11.5. The molecule has 1 aliphatic heterocycles. The maximum Gasteiger partial charge on any atom is 0.120 e. The Labute approximate surface area is 112 Å². The van der Waals surface area contributed by atoms with Crippen LogP contribution in [0, 0.1) is 0 Å². The number of anilines is 1. The van der Waals surface area contributed by atoms with Crippen molar-refractivity contribution in [3.8, 4) is 5.75 Å². The molecule has 2 rings (SSSR count). The van der Waals surface area contributed by atoms with Crippen molar-refractivity contribution in [2.45, 2.75) is 17.9 Å². The van der Waals surface area contributed by atoms with E-state index in [2.05, 4.69) is 5.32 Å². The number of morpholine rings is 1. The van der Waals surface area contributed by atoms with Crippen molar-refractivity contribution in [2.75, 3.05) is 37.8 Å². The standard InChI is InChI=1S/C13H20N2O2S/c1-2-16-10-3-4-12(14)13(7-10)18-9-11-8-15-5-6-17-11/h3-4,7,11,15H,2,5-6,8-9,14H2,1H3. The Morgan fingerprint density at radius 3 is 3.17 bits per heavy atom. The molecule has 1 aliphatic rings. The Hall–Kier alpha value is -0.910. The summed E-state index contributed by atoms with van der Waals surface area (Å²) in [4.78, 5) is 1.06. The first-order valence-corrected chi connectivity index (χ1v) is 7.25. The van der Waals surface area contributed by atoms with Crippen LogP contribution in [-0.2, 0) is 4.74 Å². The lowest BCUT2D eigenvalue weighted by molar-refractivity contribution is 0.0441. The van der Waals surface area contributed by atoms with Crippen LogP contribution in [0.25, 0.3) is 0 Å². The second-order valence-electron chi connectivity index (χ2n) is 4.14. The Kier molecular flexibility index (Phi) is 5.16. The summed E-state index contributed by atoms with van der Waals surface area (Å²) >= 11 is 1.72. The maximum atomic E-state index is 5.97. The van der Waals surface area contributed by atoms with Crippen molar-refractivity contribution in [1.82, 2.24) is 5.32 Å². The number of hydrogen-bond donors (Lipinski definition) is 2. The molecule has 1 aromatic rings. The number of thioether (sulfide) groups is 1. The van der Waals surface area contributed by atoms with Gasteiger partial charge in [-0.25, -0.2) is 0 Å². The molecule has 1 aromatic carbocycles. The molecule has 0 aromatic heterocycles. The highest BCUT2D eigenvalue weighted by molar-refractivity contribution is 7.99. The van der Waals surface area contributed by atoms with E-state index in [1.807, 2.05) is 25.1 Å². The van der Waals surface area contributed by atoms with E-state index in [9.17, 15) is 0 Å². The van der Waals surface area contributed by atoms with Crippen LogP contribution in [0.3, 0.4) is 0 Å². The normalized spacial score (nSPS) is 19.7. The van der Waals surface area contributed by atoms with Crippen molar-refractivity contribution in [1.29, 1.82) is 0 Å². The van der Waals surface area contributed by atoms with Crippen molar-refractivity contribution in [2.24, 2.45) is 0 Å². The lowest BCUT2D eigenvalue weighted by Gasteiger charge is -2.23. The Balaban J connectivity index is 1.92. The average molecular weight is 268 g/mol. The Bertz CT molecular complexity index is 381. The molecular weight excluding hydrogens is 248 g/mol. The summed E-state index contributed by atoms with van der Waals surface area (Å²) in [5.74, 6) is 1.78. The number of hydrogen-bond acceptors (Lipinski definition) is 5. The predicted molar refractivity (Wildman–Crippen MR) is 75.4 cm³/mol. The second-order valence-corrected chi connectivity index (χ2v) is 5.20. The molecule has 0 spiro atoms. The van der Waals surface area contributed by atoms with Gasteiger partial charge in [0.15, 0.2) is 0 Å². The molecule has 4 nitrogen and oxygen atoms in total. The summed E-state index contributed by atoms with van der Waals surface area (Å²) in [6, 6.07) is 5.80. The zero-order valence-electron chi connectivity index (χ0n) is 10.6. The lowest BCUT2D eigenvalue weighted by atomic mass is 10.3. The van der Waals surface area contributed by atoms with Gasteiger partial charge < -0.3 is 20.5 Å². The van der Waals surface area contributed by atoms with Crippen LogP contribution in [-0.4, -0.2) is 38.2 Å². The molecule has 1 fully saturated rings. The van der Waals surface area contributed by atoms with Gasteiger partial charge in [-0.2, -0.15) is 0 Å². The number of benzene rings is 1. The van der Waals surface area contributed by atoms with Crippen molar-refractivity contribution >= 4 is 17.4 Å². The highest BCUT2D eigenvalue weighted by Crippen LogP contribution is 2.30. The highest BCUT2D eigenvalue weighted by Gasteiger charge is 2.14. The predicted octanol–water partition coefficient (Wildman–Crippen LogP) is 1.75. The van der Waals surface area contributed by atoms with Gasteiger partial charge in [-0.15, -0.1) is 11.8 Å². The first kappa shape index (κ1) is 13.5. The van der Waals surface area contributed by atoms with Gasteiger partial charge in [-0.1, -0.05) is 0 Å². The van der Waals surface area contributed by atoms with E-state index in [1.165, 1.54) is 0 Å². The molecule has 0 bridgehead atoms. The minimum absolute atomic E-state index is 0.263. The summed E-state index contributed by atoms with van der Waals surface area (Å²) in [6.07, 6.45) is 0.263. The minimum Gasteiger partial charge on any atom is -0.494 e. The van der Waals surface area contributed by atoms with Gasteiger partial charge in [-0.05, 0) is 25.1 Å². The topological polar surface area (TPSA) is 56.5 Å². The van der Waals surface area contributed by atoms with Crippen molar-refractivity contribution in [3.05, 3.63) is 18.2 Å². The van der Waals surface area contributed by atoms with Gasteiger partial charge in [-0.3, -0.25) is 0 Å². The monoisotopic (exact) mass is 268 g/mol. The van der Waals surface area contributed by atoms with Crippen LogP contribution >= 0.6 is 11.8 Å². The van der Waals surface area contributed by atoms with Crippen LogP contribution in [0.1, 0.15) is 6.92 Å². The SMILES string of the molecule is CCOc1ccc(N)c(SCC2CNCCO2)c1. The smallest absolute Gasteiger partial charge is 0.120 e. The van der Waals surface area contributed by atoms with E-state index in [1.54, 1.807) is 11.8 Å². The largest absolute Gasteiger partial charge is 0.494 e. The summed E-state index contributed by atoms with van der Waals surface area (Å²) in [6.45, 7) is 5.30. The molecule has 3 N–H and O–H groups in total. The van der Waals surface area contributed by atoms with Gasteiger partial charge in [0.1, 0.15) is 5.75 Å². The Morgan fingerprint density at radius 1 is 1.56 bits per heavy atom. The summed E-state index contributed by atoms with van der Waals surface area (Å²) in [7, 11) is 0. The third-order valence-electron chi connectivity index (χ3n) is 2.73. The van der Waals surface area contributed by atoms with Crippen molar-refractivity contribution < 1.29 is 9.47 Å². The number of nitrogens with two attached hydrogens (primary N) is 1. The molecule has 1 heterocycles. The summed E-state index contributed by atoms with van der Waals surface area (Å²) in [5, 5.41) is 3.32. The van der Waals surface area contributed by atoms with E-state index in [0.29, 0.717) is 6.61 Å². The number of rotatable bonds is 5. The minimum atomic E-state index is 0.263. The van der Waals surface area contributed by atoms with Gasteiger partial charge in [0, 0.05) is 29.4 Å². The van der Waals surface area contributed by atoms with Gasteiger partial charge in [0.05, 0.1) is 19.3 Å². The zero-order chi connectivity index (χ0) is 12.8. The second kappa shape index (κ2) is 6.87. The van der Waals surface area contributed by atoms with Crippen molar-refractivity contribution in [3.63, 3.8) is 0 Å². The molecule has 1 atom stereocenters. The molecule has 0 saturated carbocycles. The Morgan fingerprint density at radius 2 is 2.44 bits per heavy atom. The fourth-order valence-corrected chi connectivity index (χ4v) is 2.82. The van der Waals surface area contributed by atoms with Crippen LogP contribution < -0.4 is 15.8 Å². The third-order valence-corrected chi connectivity index (χ3v) is 3.93. The summed E-state index contributed by atoms with van der Waals surface area (Å²) < 4.78 is 11.1. The number of ether oxygens (including phenoxy) is 2. The van der Waals surface area contributed by atoms with Crippen LogP contribution in [0.5, 0.6) is 5.75 Å². The molecular formula is C13H20N2O2S. The molecule has 1 unspecified atom stereocenters. The van der Waals surface area contributed by atoms with E-state index >= 15 is 0 Å². The maximum absolute atomic E-state index is 5.97. The van der Waals surface area contributed by atoms with Gasteiger partial charge >= 0.3 is 0 Å². The molecule has 0 amide bonds. The van der Waals surface area contributed by atoms with E-state index < -0.39 is 0 Å². The number of nitrogens with one attached hydrogen (secondary N) is 1. The lowest BCUT2D eigenvalue weighted by Crippen LogP contribution is -2.39. The molecule has 100 valence electrons.